The molecular formula is C22H21N5O2. The van der Waals surface area contributed by atoms with E-state index in [9.17, 15) is 9.59 Å². The molecule has 0 aliphatic rings. The number of anilines is 1. The SMILES string of the molecule is Cc1ccc(-n2ncc3c(=O)n(CCC(=O)N(C)c4ccccc4)cnc32)cc1. The predicted octanol–water partition coefficient (Wildman–Crippen LogP) is 2.94. The third kappa shape index (κ3) is 3.67. The summed E-state index contributed by atoms with van der Waals surface area (Å²) in [5.74, 6) is -0.0708. The Balaban J connectivity index is 1.55. The van der Waals surface area contributed by atoms with Crippen LogP contribution in [-0.2, 0) is 11.3 Å². The van der Waals surface area contributed by atoms with Crippen LogP contribution in [0.5, 0.6) is 0 Å². The molecule has 7 heteroatoms. The number of amides is 1. The van der Waals surface area contributed by atoms with Crippen LogP contribution >= 0.6 is 0 Å². The van der Waals surface area contributed by atoms with Crippen molar-refractivity contribution in [3.05, 3.63) is 83.0 Å². The van der Waals surface area contributed by atoms with Crippen molar-refractivity contribution >= 4 is 22.6 Å². The van der Waals surface area contributed by atoms with E-state index in [1.54, 1.807) is 16.6 Å². The molecule has 0 unspecified atom stereocenters. The first-order valence-corrected chi connectivity index (χ1v) is 9.36. The molecular weight excluding hydrogens is 366 g/mol. The minimum Gasteiger partial charge on any atom is -0.315 e. The molecule has 0 fully saturated rings. The van der Waals surface area contributed by atoms with Crippen molar-refractivity contribution in [3.63, 3.8) is 0 Å². The van der Waals surface area contributed by atoms with Gasteiger partial charge in [0.05, 0.1) is 18.2 Å². The second kappa shape index (κ2) is 7.71. The second-order valence-electron chi connectivity index (χ2n) is 6.91. The largest absolute Gasteiger partial charge is 0.315 e. The molecule has 29 heavy (non-hydrogen) atoms. The van der Waals surface area contributed by atoms with Crippen LogP contribution < -0.4 is 10.5 Å². The number of para-hydroxylation sites is 1. The summed E-state index contributed by atoms with van der Waals surface area (Å²) in [6.45, 7) is 2.27. The van der Waals surface area contributed by atoms with Gasteiger partial charge < -0.3 is 4.90 Å². The summed E-state index contributed by atoms with van der Waals surface area (Å²) in [5.41, 5.74) is 3.10. The van der Waals surface area contributed by atoms with Gasteiger partial charge in [-0.3, -0.25) is 14.2 Å². The van der Waals surface area contributed by atoms with Crippen LogP contribution in [0, 0.1) is 6.92 Å². The zero-order valence-corrected chi connectivity index (χ0v) is 16.3. The molecule has 4 aromatic rings. The number of nitrogens with zero attached hydrogens (tertiary/aromatic N) is 5. The van der Waals surface area contributed by atoms with Gasteiger partial charge in [-0.05, 0) is 31.2 Å². The van der Waals surface area contributed by atoms with Gasteiger partial charge in [0.25, 0.3) is 5.56 Å². The molecule has 0 spiro atoms. The third-order valence-electron chi connectivity index (χ3n) is 4.92. The summed E-state index contributed by atoms with van der Waals surface area (Å²) in [6, 6.07) is 17.3. The van der Waals surface area contributed by atoms with E-state index >= 15 is 0 Å². The Labute approximate surface area is 167 Å². The van der Waals surface area contributed by atoms with Crippen LogP contribution in [0.3, 0.4) is 0 Å². The summed E-state index contributed by atoms with van der Waals surface area (Å²) < 4.78 is 3.11. The number of rotatable bonds is 5. The zero-order valence-electron chi connectivity index (χ0n) is 16.3. The van der Waals surface area contributed by atoms with E-state index in [0.717, 1.165) is 16.9 Å². The fourth-order valence-corrected chi connectivity index (χ4v) is 3.16. The molecule has 0 saturated carbocycles. The molecule has 0 saturated heterocycles. The Morgan fingerprint density at radius 3 is 2.52 bits per heavy atom. The number of hydrogen-bond acceptors (Lipinski definition) is 4. The van der Waals surface area contributed by atoms with E-state index in [2.05, 4.69) is 10.1 Å². The molecule has 0 N–H and O–H groups in total. The van der Waals surface area contributed by atoms with Crippen molar-refractivity contribution in [1.82, 2.24) is 19.3 Å². The fraction of sp³-hybridized carbons (Fsp3) is 0.182. The van der Waals surface area contributed by atoms with Crippen molar-refractivity contribution in [2.24, 2.45) is 0 Å². The number of aryl methyl sites for hydroxylation is 2. The summed E-state index contributed by atoms with van der Waals surface area (Å²) >= 11 is 0. The zero-order chi connectivity index (χ0) is 20.4. The average Bonchev–Trinajstić information content (AvgIpc) is 3.18. The molecule has 2 aromatic carbocycles. The smallest absolute Gasteiger partial charge is 0.264 e. The van der Waals surface area contributed by atoms with E-state index in [1.807, 2.05) is 61.5 Å². The Hall–Kier alpha value is -3.74. The van der Waals surface area contributed by atoms with Gasteiger partial charge in [-0.15, -0.1) is 0 Å². The first-order valence-electron chi connectivity index (χ1n) is 9.36. The van der Waals surface area contributed by atoms with Crippen molar-refractivity contribution in [2.75, 3.05) is 11.9 Å². The molecule has 2 heterocycles. The highest BCUT2D eigenvalue weighted by atomic mass is 16.2. The van der Waals surface area contributed by atoms with E-state index in [-0.39, 0.29) is 24.4 Å². The molecule has 1 amide bonds. The Kier molecular flexibility index (Phi) is 4.95. The predicted molar refractivity (Wildman–Crippen MR) is 112 cm³/mol. The van der Waals surface area contributed by atoms with Crippen LogP contribution in [0.4, 0.5) is 5.69 Å². The molecule has 0 bridgehead atoms. The molecule has 4 rings (SSSR count). The Morgan fingerprint density at radius 1 is 1.07 bits per heavy atom. The number of carbonyl (C=O) groups excluding carboxylic acids is 1. The molecule has 0 atom stereocenters. The van der Waals surface area contributed by atoms with Gasteiger partial charge in [0.1, 0.15) is 5.39 Å². The van der Waals surface area contributed by atoms with Gasteiger partial charge in [-0.25, -0.2) is 9.67 Å². The van der Waals surface area contributed by atoms with Gasteiger partial charge in [-0.2, -0.15) is 5.10 Å². The highest BCUT2D eigenvalue weighted by Crippen LogP contribution is 2.15. The third-order valence-corrected chi connectivity index (χ3v) is 4.92. The quantitative estimate of drug-likeness (QED) is 0.528. The summed E-state index contributed by atoms with van der Waals surface area (Å²) in [4.78, 5) is 31.3. The van der Waals surface area contributed by atoms with Crippen LogP contribution in [0.2, 0.25) is 0 Å². The van der Waals surface area contributed by atoms with Crippen LogP contribution in [-0.4, -0.2) is 32.3 Å². The van der Waals surface area contributed by atoms with E-state index in [1.165, 1.54) is 17.1 Å². The van der Waals surface area contributed by atoms with Crippen molar-refractivity contribution in [2.45, 2.75) is 19.9 Å². The van der Waals surface area contributed by atoms with Gasteiger partial charge in [0, 0.05) is 25.7 Å². The maximum absolute atomic E-state index is 12.8. The summed E-state index contributed by atoms with van der Waals surface area (Å²) in [5, 5.41) is 4.75. The first kappa shape index (κ1) is 18.6. The lowest BCUT2D eigenvalue weighted by Crippen LogP contribution is -2.29. The van der Waals surface area contributed by atoms with Gasteiger partial charge in [0.2, 0.25) is 5.91 Å². The standard InChI is InChI=1S/C22H21N5O2/c1-16-8-10-18(11-9-16)27-21-19(14-24-27)22(29)26(15-23-21)13-12-20(28)25(2)17-6-4-3-5-7-17/h3-11,14-15H,12-13H2,1-2H3. The van der Waals surface area contributed by atoms with Crippen LogP contribution in [0.25, 0.3) is 16.7 Å². The monoisotopic (exact) mass is 387 g/mol. The number of hydrogen-bond donors (Lipinski definition) is 0. The maximum Gasteiger partial charge on any atom is 0.264 e. The molecule has 7 nitrogen and oxygen atoms in total. The lowest BCUT2D eigenvalue weighted by molar-refractivity contribution is -0.118. The number of fused-ring (bicyclic) bond motifs is 1. The summed E-state index contributed by atoms with van der Waals surface area (Å²) in [6.07, 6.45) is 3.20. The number of aromatic nitrogens is 4. The van der Waals surface area contributed by atoms with Gasteiger partial charge in [-0.1, -0.05) is 35.9 Å². The van der Waals surface area contributed by atoms with E-state index in [4.69, 9.17) is 0 Å². The first-order chi connectivity index (χ1) is 14.0. The minimum absolute atomic E-state index is 0.0708. The molecule has 0 aliphatic carbocycles. The van der Waals surface area contributed by atoms with Crippen LogP contribution in [0.15, 0.2) is 71.9 Å². The van der Waals surface area contributed by atoms with Crippen molar-refractivity contribution in [3.8, 4) is 5.69 Å². The second-order valence-corrected chi connectivity index (χ2v) is 6.91. The molecule has 0 aliphatic heterocycles. The number of benzene rings is 2. The lowest BCUT2D eigenvalue weighted by atomic mass is 10.2. The number of carbonyl (C=O) groups is 1. The normalized spacial score (nSPS) is 11.0. The fourth-order valence-electron chi connectivity index (χ4n) is 3.16. The molecule has 0 radical (unpaired) electrons. The minimum atomic E-state index is -0.205. The summed E-state index contributed by atoms with van der Waals surface area (Å²) in [7, 11) is 1.73. The van der Waals surface area contributed by atoms with Gasteiger partial charge in [0.15, 0.2) is 5.65 Å². The molecule has 2 aromatic heterocycles. The van der Waals surface area contributed by atoms with E-state index < -0.39 is 0 Å². The van der Waals surface area contributed by atoms with Crippen LogP contribution in [0.1, 0.15) is 12.0 Å². The highest BCUT2D eigenvalue weighted by Gasteiger charge is 2.14. The van der Waals surface area contributed by atoms with Gasteiger partial charge >= 0.3 is 0 Å². The van der Waals surface area contributed by atoms with Crippen molar-refractivity contribution < 1.29 is 4.79 Å². The highest BCUT2D eigenvalue weighted by molar-refractivity contribution is 5.92. The lowest BCUT2D eigenvalue weighted by Gasteiger charge is -2.17. The topological polar surface area (TPSA) is 73.0 Å². The molecule has 146 valence electrons. The average molecular weight is 387 g/mol. The van der Waals surface area contributed by atoms with Crippen molar-refractivity contribution in [1.29, 1.82) is 0 Å². The van der Waals surface area contributed by atoms with E-state index in [0.29, 0.717) is 11.0 Å². The Bertz CT molecular complexity index is 1210. The Morgan fingerprint density at radius 2 is 1.79 bits per heavy atom. The maximum atomic E-state index is 12.8.